The standard InChI is InChI=1S/C13H25NO3/c1-10(2)13(16)7-6-8-14(9-13)11(15)17-12(3,4)5/h10,16H,6-9H2,1-5H3. The van der Waals surface area contributed by atoms with E-state index in [-0.39, 0.29) is 12.0 Å². The van der Waals surface area contributed by atoms with E-state index >= 15 is 0 Å². The molecule has 4 heteroatoms. The van der Waals surface area contributed by atoms with E-state index in [4.69, 9.17) is 4.74 Å². The van der Waals surface area contributed by atoms with Crippen LogP contribution in [-0.2, 0) is 4.74 Å². The number of amides is 1. The first-order valence-electron chi connectivity index (χ1n) is 6.34. The van der Waals surface area contributed by atoms with E-state index in [0.29, 0.717) is 13.1 Å². The van der Waals surface area contributed by atoms with Gasteiger partial charge in [-0.05, 0) is 39.5 Å². The number of nitrogens with zero attached hydrogens (tertiary/aromatic N) is 1. The lowest BCUT2D eigenvalue weighted by atomic mass is 9.83. The maximum absolute atomic E-state index is 11.9. The number of carbonyl (C=O) groups excluding carboxylic acids is 1. The van der Waals surface area contributed by atoms with E-state index in [0.717, 1.165) is 12.8 Å². The first-order valence-corrected chi connectivity index (χ1v) is 6.34. The Bertz CT molecular complexity index is 283. The summed E-state index contributed by atoms with van der Waals surface area (Å²) < 4.78 is 5.33. The van der Waals surface area contributed by atoms with Crippen LogP contribution in [0.25, 0.3) is 0 Å². The van der Waals surface area contributed by atoms with Gasteiger partial charge in [-0.3, -0.25) is 0 Å². The minimum Gasteiger partial charge on any atom is -0.444 e. The number of hydrogen-bond donors (Lipinski definition) is 1. The molecule has 1 rings (SSSR count). The van der Waals surface area contributed by atoms with Crippen LogP contribution in [0, 0.1) is 5.92 Å². The molecule has 0 radical (unpaired) electrons. The Kier molecular flexibility index (Phi) is 4.07. The Labute approximate surface area is 104 Å². The van der Waals surface area contributed by atoms with Crippen molar-refractivity contribution in [3.05, 3.63) is 0 Å². The highest BCUT2D eigenvalue weighted by Gasteiger charge is 2.38. The molecule has 1 saturated heterocycles. The van der Waals surface area contributed by atoms with Gasteiger partial charge in [0.2, 0.25) is 0 Å². The van der Waals surface area contributed by atoms with Gasteiger partial charge in [-0.15, -0.1) is 0 Å². The molecule has 1 unspecified atom stereocenters. The lowest BCUT2D eigenvalue weighted by Crippen LogP contribution is -2.53. The third-order valence-corrected chi connectivity index (χ3v) is 3.23. The predicted octanol–water partition coefficient (Wildman–Crippen LogP) is 2.40. The lowest BCUT2D eigenvalue weighted by molar-refractivity contribution is -0.0689. The second-order valence-corrected chi connectivity index (χ2v) is 6.26. The molecule has 0 bridgehead atoms. The fourth-order valence-corrected chi connectivity index (χ4v) is 2.02. The second kappa shape index (κ2) is 4.84. The van der Waals surface area contributed by atoms with Gasteiger partial charge in [-0.1, -0.05) is 13.8 Å². The zero-order valence-corrected chi connectivity index (χ0v) is 11.6. The van der Waals surface area contributed by atoms with Crippen molar-refractivity contribution >= 4 is 6.09 Å². The van der Waals surface area contributed by atoms with Crippen LogP contribution in [0.4, 0.5) is 4.79 Å². The molecule has 1 N–H and O–H groups in total. The largest absolute Gasteiger partial charge is 0.444 e. The summed E-state index contributed by atoms with van der Waals surface area (Å²) in [6, 6.07) is 0. The maximum Gasteiger partial charge on any atom is 0.410 e. The normalized spacial score (nSPS) is 26.2. The van der Waals surface area contributed by atoms with Crippen LogP contribution >= 0.6 is 0 Å². The molecule has 1 aliphatic rings. The highest BCUT2D eigenvalue weighted by atomic mass is 16.6. The average Bonchev–Trinajstić information content (AvgIpc) is 2.15. The summed E-state index contributed by atoms with van der Waals surface area (Å²) in [6.07, 6.45) is 1.26. The first kappa shape index (κ1) is 14.3. The topological polar surface area (TPSA) is 49.8 Å². The minimum absolute atomic E-state index is 0.146. The van der Waals surface area contributed by atoms with Crippen LogP contribution < -0.4 is 0 Å². The van der Waals surface area contributed by atoms with Crippen molar-refractivity contribution in [2.45, 2.75) is 58.7 Å². The summed E-state index contributed by atoms with van der Waals surface area (Å²) >= 11 is 0. The van der Waals surface area contributed by atoms with Gasteiger partial charge >= 0.3 is 6.09 Å². The number of piperidine rings is 1. The van der Waals surface area contributed by atoms with E-state index < -0.39 is 11.2 Å². The van der Waals surface area contributed by atoms with Crippen molar-refractivity contribution < 1.29 is 14.6 Å². The third-order valence-electron chi connectivity index (χ3n) is 3.23. The Morgan fingerprint density at radius 1 is 1.41 bits per heavy atom. The van der Waals surface area contributed by atoms with Gasteiger partial charge in [0, 0.05) is 6.54 Å². The lowest BCUT2D eigenvalue weighted by Gasteiger charge is -2.41. The monoisotopic (exact) mass is 243 g/mol. The molecule has 0 aromatic carbocycles. The van der Waals surface area contributed by atoms with Gasteiger partial charge in [-0.2, -0.15) is 0 Å². The average molecular weight is 243 g/mol. The molecule has 1 heterocycles. The van der Waals surface area contributed by atoms with E-state index in [9.17, 15) is 9.90 Å². The van der Waals surface area contributed by atoms with Crippen molar-refractivity contribution in [3.8, 4) is 0 Å². The number of likely N-dealkylation sites (tertiary alicyclic amines) is 1. The molecule has 1 amide bonds. The first-order chi connectivity index (χ1) is 7.64. The quantitative estimate of drug-likeness (QED) is 0.769. The van der Waals surface area contributed by atoms with Crippen molar-refractivity contribution in [1.29, 1.82) is 0 Å². The van der Waals surface area contributed by atoms with Crippen LogP contribution in [0.1, 0.15) is 47.5 Å². The Morgan fingerprint density at radius 3 is 2.47 bits per heavy atom. The number of rotatable bonds is 1. The summed E-state index contributed by atoms with van der Waals surface area (Å²) in [6.45, 7) is 10.6. The fourth-order valence-electron chi connectivity index (χ4n) is 2.02. The van der Waals surface area contributed by atoms with E-state index in [1.165, 1.54) is 0 Å². The maximum atomic E-state index is 11.9. The van der Waals surface area contributed by atoms with Gasteiger partial charge in [0.25, 0.3) is 0 Å². The van der Waals surface area contributed by atoms with Gasteiger partial charge in [-0.25, -0.2) is 4.79 Å². The van der Waals surface area contributed by atoms with Gasteiger partial charge in [0.1, 0.15) is 5.60 Å². The molecular weight excluding hydrogens is 218 g/mol. The van der Waals surface area contributed by atoms with E-state index in [2.05, 4.69) is 0 Å². The summed E-state index contributed by atoms with van der Waals surface area (Å²) in [4.78, 5) is 13.5. The molecule has 1 atom stereocenters. The number of ether oxygens (including phenoxy) is 1. The third kappa shape index (κ3) is 3.87. The van der Waals surface area contributed by atoms with Gasteiger partial charge < -0.3 is 14.7 Å². The molecule has 1 aliphatic heterocycles. The number of aliphatic hydroxyl groups is 1. The molecule has 0 aromatic heterocycles. The smallest absolute Gasteiger partial charge is 0.410 e. The molecule has 0 aromatic rings. The zero-order chi connectivity index (χ0) is 13.3. The Morgan fingerprint density at radius 2 is 2.00 bits per heavy atom. The molecule has 1 fully saturated rings. The molecule has 0 aliphatic carbocycles. The number of β-amino-alcohol motifs (C(OH)–C–C–N with tert-alkyl or cyclic N) is 1. The molecule has 4 nitrogen and oxygen atoms in total. The summed E-state index contributed by atoms with van der Waals surface area (Å²) in [5.41, 5.74) is -1.25. The second-order valence-electron chi connectivity index (χ2n) is 6.26. The van der Waals surface area contributed by atoms with Crippen molar-refractivity contribution in [3.63, 3.8) is 0 Å². The molecular formula is C13H25NO3. The highest BCUT2D eigenvalue weighted by Crippen LogP contribution is 2.29. The molecule has 17 heavy (non-hydrogen) atoms. The Balaban J connectivity index is 2.64. The Hall–Kier alpha value is -0.770. The number of hydrogen-bond acceptors (Lipinski definition) is 3. The summed E-state index contributed by atoms with van der Waals surface area (Å²) in [5.74, 6) is 0.146. The van der Waals surface area contributed by atoms with Crippen LogP contribution in [0.3, 0.4) is 0 Å². The minimum atomic E-state index is -0.769. The van der Waals surface area contributed by atoms with Crippen LogP contribution in [0.2, 0.25) is 0 Å². The summed E-state index contributed by atoms with van der Waals surface area (Å²) in [7, 11) is 0. The van der Waals surface area contributed by atoms with E-state index in [1.54, 1.807) is 4.90 Å². The van der Waals surface area contributed by atoms with Crippen molar-refractivity contribution in [1.82, 2.24) is 4.90 Å². The van der Waals surface area contributed by atoms with E-state index in [1.807, 2.05) is 34.6 Å². The summed E-state index contributed by atoms with van der Waals surface area (Å²) in [5, 5.41) is 10.4. The molecule has 0 saturated carbocycles. The molecule has 100 valence electrons. The van der Waals surface area contributed by atoms with Crippen molar-refractivity contribution in [2.24, 2.45) is 5.92 Å². The SMILES string of the molecule is CC(C)C1(O)CCCN(C(=O)OC(C)(C)C)C1. The number of carbonyl (C=O) groups is 1. The zero-order valence-electron chi connectivity index (χ0n) is 11.6. The predicted molar refractivity (Wildman–Crippen MR) is 66.8 cm³/mol. The van der Waals surface area contributed by atoms with Crippen molar-refractivity contribution in [2.75, 3.05) is 13.1 Å². The fraction of sp³-hybridized carbons (Fsp3) is 0.923. The van der Waals surface area contributed by atoms with Crippen LogP contribution in [-0.4, -0.2) is 40.4 Å². The van der Waals surface area contributed by atoms with Gasteiger partial charge in [0.15, 0.2) is 0 Å². The van der Waals surface area contributed by atoms with Gasteiger partial charge in [0.05, 0.1) is 12.1 Å². The van der Waals surface area contributed by atoms with Crippen LogP contribution in [0.5, 0.6) is 0 Å². The highest BCUT2D eigenvalue weighted by molar-refractivity contribution is 5.68. The van der Waals surface area contributed by atoms with Crippen LogP contribution in [0.15, 0.2) is 0 Å². The molecule has 0 spiro atoms.